The minimum Gasteiger partial charge on any atom is -0.363 e. The number of hydrogen-bond acceptors (Lipinski definition) is 5. The molecule has 6 nitrogen and oxygen atoms in total. The molecule has 0 fully saturated rings. The lowest BCUT2D eigenvalue weighted by atomic mass is 10.3. The van der Waals surface area contributed by atoms with Crippen LogP contribution >= 0.6 is 11.3 Å². The van der Waals surface area contributed by atoms with E-state index in [2.05, 4.69) is 27.5 Å². The summed E-state index contributed by atoms with van der Waals surface area (Å²) in [7, 11) is 3.87. The van der Waals surface area contributed by atoms with Crippen molar-refractivity contribution in [3.05, 3.63) is 40.0 Å². The maximum atomic E-state index is 12.0. The second-order valence-electron chi connectivity index (χ2n) is 5.45. The summed E-state index contributed by atoms with van der Waals surface area (Å²) < 4.78 is 0. The van der Waals surface area contributed by atoms with Crippen molar-refractivity contribution in [1.82, 2.24) is 20.6 Å². The number of rotatable bonds is 6. The number of thiazole rings is 1. The van der Waals surface area contributed by atoms with Gasteiger partial charge in [0.1, 0.15) is 10.8 Å². The van der Waals surface area contributed by atoms with Crippen LogP contribution in [-0.2, 0) is 13.0 Å². The van der Waals surface area contributed by atoms with Gasteiger partial charge in [0, 0.05) is 25.2 Å². The third kappa shape index (κ3) is 4.92. The van der Waals surface area contributed by atoms with Crippen LogP contribution in [0.1, 0.15) is 35.5 Å². The molecular formula is C16H23N5OS. The SMILES string of the molecule is CCc1cnc([C@@H](C)NC(=O)NCc2cccc(N(C)C)n2)s1. The summed E-state index contributed by atoms with van der Waals surface area (Å²) >= 11 is 1.63. The molecule has 0 aliphatic heterocycles. The zero-order chi connectivity index (χ0) is 16.8. The summed E-state index contributed by atoms with van der Waals surface area (Å²) in [6.45, 7) is 4.41. The number of nitrogens with one attached hydrogen (secondary N) is 2. The van der Waals surface area contributed by atoms with Crippen LogP contribution in [0.15, 0.2) is 24.4 Å². The highest BCUT2D eigenvalue weighted by Crippen LogP contribution is 2.20. The van der Waals surface area contributed by atoms with Gasteiger partial charge in [-0.3, -0.25) is 0 Å². The number of aryl methyl sites for hydroxylation is 1. The normalized spacial score (nSPS) is 11.8. The lowest BCUT2D eigenvalue weighted by Gasteiger charge is -2.14. The molecule has 2 rings (SSSR count). The van der Waals surface area contributed by atoms with Crippen LogP contribution < -0.4 is 15.5 Å². The average molecular weight is 333 g/mol. The summed E-state index contributed by atoms with van der Waals surface area (Å²) in [6.07, 6.45) is 2.83. The Kier molecular flexibility index (Phi) is 5.92. The molecule has 0 unspecified atom stereocenters. The maximum Gasteiger partial charge on any atom is 0.315 e. The first-order valence-corrected chi connectivity index (χ1v) is 8.43. The lowest BCUT2D eigenvalue weighted by Crippen LogP contribution is -2.36. The summed E-state index contributed by atoms with van der Waals surface area (Å²) in [4.78, 5) is 24.0. The van der Waals surface area contributed by atoms with Crippen molar-refractivity contribution in [1.29, 1.82) is 0 Å². The molecule has 2 amide bonds. The van der Waals surface area contributed by atoms with Gasteiger partial charge in [0.05, 0.1) is 18.3 Å². The van der Waals surface area contributed by atoms with Gasteiger partial charge in [0.15, 0.2) is 0 Å². The van der Waals surface area contributed by atoms with Crippen LogP contribution in [-0.4, -0.2) is 30.1 Å². The molecule has 2 N–H and O–H groups in total. The minimum atomic E-state index is -0.220. The van der Waals surface area contributed by atoms with E-state index in [1.165, 1.54) is 4.88 Å². The molecule has 7 heteroatoms. The van der Waals surface area contributed by atoms with Gasteiger partial charge in [0.2, 0.25) is 0 Å². The number of pyridine rings is 1. The molecule has 23 heavy (non-hydrogen) atoms. The zero-order valence-electron chi connectivity index (χ0n) is 14.0. The van der Waals surface area contributed by atoms with Crippen molar-refractivity contribution < 1.29 is 4.79 Å². The summed E-state index contributed by atoms with van der Waals surface area (Å²) in [5.74, 6) is 0.868. The molecule has 0 saturated heterocycles. The summed E-state index contributed by atoms with van der Waals surface area (Å²) in [6, 6.07) is 5.43. The van der Waals surface area contributed by atoms with E-state index in [9.17, 15) is 4.79 Å². The van der Waals surface area contributed by atoms with Gasteiger partial charge < -0.3 is 15.5 Å². The van der Waals surface area contributed by atoms with Crippen LogP contribution in [0, 0.1) is 0 Å². The van der Waals surface area contributed by atoms with Crippen LogP contribution in [0.5, 0.6) is 0 Å². The molecule has 0 saturated carbocycles. The highest BCUT2D eigenvalue weighted by atomic mass is 32.1. The van der Waals surface area contributed by atoms with E-state index < -0.39 is 0 Å². The second-order valence-corrected chi connectivity index (χ2v) is 6.60. The molecule has 0 aliphatic rings. The molecular weight excluding hydrogens is 310 g/mol. The average Bonchev–Trinajstić information content (AvgIpc) is 3.02. The van der Waals surface area contributed by atoms with E-state index >= 15 is 0 Å². The van der Waals surface area contributed by atoms with Gasteiger partial charge >= 0.3 is 6.03 Å². The Morgan fingerprint density at radius 2 is 2.17 bits per heavy atom. The molecule has 0 aliphatic carbocycles. The standard InChI is InChI=1S/C16H23N5OS/c1-5-13-10-17-15(23-13)11(2)19-16(22)18-9-12-7-6-8-14(20-12)21(3)4/h6-8,10-11H,5,9H2,1-4H3,(H2,18,19,22)/t11-/m1/s1. The first-order valence-electron chi connectivity index (χ1n) is 7.61. The Morgan fingerprint density at radius 1 is 1.39 bits per heavy atom. The highest BCUT2D eigenvalue weighted by Gasteiger charge is 2.13. The predicted octanol–water partition coefficient (Wildman–Crippen LogP) is 2.73. The summed E-state index contributed by atoms with van der Waals surface area (Å²) in [5, 5.41) is 6.65. The molecule has 2 aromatic rings. The van der Waals surface area contributed by atoms with E-state index in [-0.39, 0.29) is 12.1 Å². The number of carbonyl (C=O) groups is 1. The number of anilines is 1. The first kappa shape index (κ1) is 17.2. The fourth-order valence-electron chi connectivity index (χ4n) is 1.98. The largest absolute Gasteiger partial charge is 0.363 e. The van der Waals surface area contributed by atoms with Crippen molar-refractivity contribution >= 4 is 23.2 Å². The highest BCUT2D eigenvalue weighted by molar-refractivity contribution is 7.11. The fraction of sp³-hybridized carbons (Fsp3) is 0.438. The van der Waals surface area contributed by atoms with Crippen molar-refractivity contribution in [3.63, 3.8) is 0 Å². The van der Waals surface area contributed by atoms with Crippen molar-refractivity contribution in [2.45, 2.75) is 32.9 Å². The number of nitrogens with zero attached hydrogens (tertiary/aromatic N) is 3. The van der Waals surface area contributed by atoms with Crippen LogP contribution in [0.25, 0.3) is 0 Å². The predicted molar refractivity (Wildman–Crippen MR) is 93.8 cm³/mol. The molecule has 0 bridgehead atoms. The van der Waals surface area contributed by atoms with Crippen LogP contribution in [0.4, 0.5) is 10.6 Å². The topological polar surface area (TPSA) is 70.2 Å². The molecule has 124 valence electrons. The van der Waals surface area contributed by atoms with E-state index in [1.54, 1.807) is 11.3 Å². The van der Waals surface area contributed by atoms with Crippen molar-refractivity contribution in [2.24, 2.45) is 0 Å². The lowest BCUT2D eigenvalue weighted by molar-refractivity contribution is 0.237. The van der Waals surface area contributed by atoms with E-state index in [0.717, 1.165) is 22.9 Å². The first-order chi connectivity index (χ1) is 11.0. The number of aromatic nitrogens is 2. The van der Waals surface area contributed by atoms with Gasteiger partial charge in [0.25, 0.3) is 0 Å². The third-order valence-electron chi connectivity index (χ3n) is 3.32. The molecule has 1 atom stereocenters. The monoisotopic (exact) mass is 333 g/mol. The summed E-state index contributed by atoms with van der Waals surface area (Å²) in [5.41, 5.74) is 0.821. The van der Waals surface area contributed by atoms with Gasteiger partial charge in [-0.05, 0) is 25.5 Å². The molecule has 2 heterocycles. The number of carbonyl (C=O) groups excluding carboxylic acids is 1. The van der Waals surface area contributed by atoms with Crippen LogP contribution in [0.2, 0.25) is 0 Å². The maximum absolute atomic E-state index is 12.0. The van der Waals surface area contributed by atoms with Gasteiger partial charge in [-0.2, -0.15) is 0 Å². The molecule has 0 spiro atoms. The quantitative estimate of drug-likeness (QED) is 0.853. The zero-order valence-corrected chi connectivity index (χ0v) is 14.8. The van der Waals surface area contributed by atoms with E-state index in [1.807, 2.05) is 50.3 Å². The van der Waals surface area contributed by atoms with Crippen LogP contribution in [0.3, 0.4) is 0 Å². The Labute approximate surface area is 141 Å². The third-order valence-corrected chi connectivity index (χ3v) is 4.64. The Morgan fingerprint density at radius 3 is 2.83 bits per heavy atom. The Bertz CT molecular complexity index is 655. The van der Waals surface area contributed by atoms with Crippen molar-refractivity contribution in [2.75, 3.05) is 19.0 Å². The smallest absolute Gasteiger partial charge is 0.315 e. The van der Waals surface area contributed by atoms with E-state index in [0.29, 0.717) is 6.54 Å². The Hall–Kier alpha value is -2.15. The Balaban J connectivity index is 1.86. The molecule has 2 aromatic heterocycles. The van der Waals surface area contributed by atoms with E-state index in [4.69, 9.17) is 0 Å². The van der Waals surface area contributed by atoms with Gasteiger partial charge in [-0.25, -0.2) is 14.8 Å². The minimum absolute atomic E-state index is 0.110. The molecule has 0 radical (unpaired) electrons. The second kappa shape index (κ2) is 7.92. The molecule has 0 aromatic carbocycles. The van der Waals surface area contributed by atoms with Gasteiger partial charge in [-0.15, -0.1) is 11.3 Å². The number of urea groups is 1. The van der Waals surface area contributed by atoms with Gasteiger partial charge in [-0.1, -0.05) is 13.0 Å². The van der Waals surface area contributed by atoms with Crippen molar-refractivity contribution in [3.8, 4) is 0 Å². The number of hydrogen-bond donors (Lipinski definition) is 2. The fourth-order valence-corrected chi connectivity index (χ4v) is 2.84. The number of amides is 2.